The Bertz CT molecular complexity index is 506. The van der Waals surface area contributed by atoms with Gasteiger partial charge in [-0.3, -0.25) is 9.59 Å². The van der Waals surface area contributed by atoms with Crippen molar-refractivity contribution in [1.82, 2.24) is 4.90 Å². The summed E-state index contributed by atoms with van der Waals surface area (Å²) in [5.74, 6) is -1.02. The zero-order chi connectivity index (χ0) is 13.3. The molecule has 5 nitrogen and oxygen atoms in total. The second-order valence-corrected chi connectivity index (χ2v) is 4.29. The Morgan fingerprint density at radius 1 is 1.17 bits per heavy atom. The predicted molar refractivity (Wildman–Crippen MR) is 65.4 cm³/mol. The number of halogens is 1. The minimum Gasteiger partial charge on any atom is -0.397 e. The third kappa shape index (κ3) is 2.27. The van der Waals surface area contributed by atoms with Crippen LogP contribution < -0.4 is 11.5 Å². The van der Waals surface area contributed by atoms with Crippen molar-refractivity contribution in [2.24, 2.45) is 0 Å². The molecular weight excluding hydrogens is 237 g/mol. The molecule has 0 atom stereocenters. The van der Waals surface area contributed by atoms with Crippen molar-refractivity contribution < 1.29 is 14.0 Å². The fourth-order valence-corrected chi connectivity index (χ4v) is 1.90. The van der Waals surface area contributed by atoms with Gasteiger partial charge in [0.1, 0.15) is 11.6 Å². The van der Waals surface area contributed by atoms with Gasteiger partial charge in [-0.2, -0.15) is 0 Å². The van der Waals surface area contributed by atoms with E-state index in [4.69, 9.17) is 11.5 Å². The van der Waals surface area contributed by atoms with E-state index in [1.54, 1.807) is 0 Å². The minimum absolute atomic E-state index is 0.101. The number of rotatable bonds is 1. The van der Waals surface area contributed by atoms with Crippen LogP contribution in [0.25, 0.3) is 0 Å². The van der Waals surface area contributed by atoms with Gasteiger partial charge in [-0.1, -0.05) is 0 Å². The lowest BCUT2D eigenvalue weighted by Gasteiger charge is -2.26. The Labute approximate surface area is 104 Å². The molecule has 96 valence electrons. The third-order valence-electron chi connectivity index (χ3n) is 3.01. The molecule has 18 heavy (non-hydrogen) atoms. The molecule has 2 rings (SSSR count). The fraction of sp³-hybridized carbons (Fsp3) is 0.333. The molecule has 1 amide bonds. The average Bonchev–Trinajstić information content (AvgIpc) is 2.34. The van der Waals surface area contributed by atoms with Gasteiger partial charge in [0.15, 0.2) is 0 Å². The number of carbonyl (C=O) groups excluding carboxylic acids is 2. The van der Waals surface area contributed by atoms with Crippen LogP contribution in [0.2, 0.25) is 0 Å². The van der Waals surface area contributed by atoms with Gasteiger partial charge in [0.25, 0.3) is 5.91 Å². The van der Waals surface area contributed by atoms with Crippen molar-refractivity contribution in [1.29, 1.82) is 0 Å². The number of nitrogens with zero attached hydrogens (tertiary/aromatic N) is 1. The van der Waals surface area contributed by atoms with Crippen LogP contribution in [0.4, 0.5) is 15.8 Å². The number of amides is 1. The number of piperidine rings is 1. The summed E-state index contributed by atoms with van der Waals surface area (Å²) in [7, 11) is 0. The monoisotopic (exact) mass is 251 g/mol. The summed E-state index contributed by atoms with van der Waals surface area (Å²) in [6.45, 7) is 0.642. The first kappa shape index (κ1) is 12.3. The summed E-state index contributed by atoms with van der Waals surface area (Å²) < 4.78 is 13.7. The fourth-order valence-electron chi connectivity index (χ4n) is 1.90. The molecule has 1 saturated heterocycles. The van der Waals surface area contributed by atoms with E-state index in [0.29, 0.717) is 25.9 Å². The Balaban J connectivity index is 2.23. The van der Waals surface area contributed by atoms with Gasteiger partial charge in [-0.25, -0.2) is 4.39 Å². The van der Waals surface area contributed by atoms with Gasteiger partial charge < -0.3 is 16.4 Å². The number of nitrogens with two attached hydrogens (primary N) is 2. The molecule has 1 heterocycles. The predicted octanol–water partition coefficient (Wildman–Crippen LogP) is 0.795. The number of likely N-dealkylation sites (tertiary alicyclic amines) is 1. The molecule has 1 aromatic carbocycles. The lowest BCUT2D eigenvalue weighted by molar-refractivity contribution is -0.120. The number of anilines is 2. The van der Waals surface area contributed by atoms with Crippen LogP contribution in [0.3, 0.4) is 0 Å². The zero-order valence-corrected chi connectivity index (χ0v) is 9.78. The van der Waals surface area contributed by atoms with Crippen molar-refractivity contribution >= 4 is 23.1 Å². The summed E-state index contributed by atoms with van der Waals surface area (Å²) in [6.07, 6.45) is 0.635. The van der Waals surface area contributed by atoms with Crippen molar-refractivity contribution in [2.45, 2.75) is 12.8 Å². The standard InChI is InChI=1S/C12H14FN3O2/c13-9-6-11(15)10(14)5-8(9)12(18)16-3-1-7(17)2-4-16/h5-6H,1-4,14-15H2. The number of hydrogen-bond donors (Lipinski definition) is 2. The topological polar surface area (TPSA) is 89.4 Å². The highest BCUT2D eigenvalue weighted by atomic mass is 19.1. The van der Waals surface area contributed by atoms with Crippen molar-refractivity contribution in [3.63, 3.8) is 0 Å². The second-order valence-electron chi connectivity index (χ2n) is 4.29. The van der Waals surface area contributed by atoms with Crippen molar-refractivity contribution in [3.05, 3.63) is 23.5 Å². The largest absolute Gasteiger partial charge is 0.397 e. The second kappa shape index (κ2) is 4.64. The van der Waals surface area contributed by atoms with Gasteiger partial charge in [0.05, 0.1) is 16.9 Å². The molecule has 6 heteroatoms. The molecule has 1 fully saturated rings. The molecule has 4 N–H and O–H groups in total. The average molecular weight is 251 g/mol. The Morgan fingerprint density at radius 3 is 2.33 bits per heavy atom. The quantitative estimate of drug-likeness (QED) is 0.722. The maximum absolute atomic E-state index is 13.7. The first-order valence-corrected chi connectivity index (χ1v) is 5.64. The number of nitrogen functional groups attached to an aromatic ring is 2. The maximum Gasteiger partial charge on any atom is 0.256 e. The van der Waals surface area contributed by atoms with E-state index in [1.165, 1.54) is 11.0 Å². The molecule has 0 saturated carbocycles. The molecule has 0 unspecified atom stereocenters. The lowest BCUT2D eigenvalue weighted by Crippen LogP contribution is -2.39. The summed E-state index contributed by atoms with van der Waals surface area (Å²) in [5, 5.41) is 0. The van der Waals surface area contributed by atoms with E-state index in [0.717, 1.165) is 6.07 Å². The molecule has 0 bridgehead atoms. The number of benzene rings is 1. The van der Waals surface area contributed by atoms with E-state index < -0.39 is 11.7 Å². The number of Topliss-reactive ketones (excluding diaryl/α,β-unsaturated/α-hetero) is 1. The van der Waals surface area contributed by atoms with Gasteiger partial charge in [0, 0.05) is 25.9 Å². The molecule has 0 radical (unpaired) electrons. The first-order valence-electron chi connectivity index (χ1n) is 5.64. The normalized spacial score (nSPS) is 15.8. The van der Waals surface area contributed by atoms with Crippen LogP contribution in [0, 0.1) is 5.82 Å². The highest BCUT2D eigenvalue weighted by molar-refractivity contribution is 5.97. The SMILES string of the molecule is Nc1cc(F)c(C(=O)N2CCC(=O)CC2)cc1N. The van der Waals surface area contributed by atoms with E-state index in [-0.39, 0.29) is 22.7 Å². The van der Waals surface area contributed by atoms with Crippen molar-refractivity contribution in [2.75, 3.05) is 24.6 Å². The van der Waals surface area contributed by atoms with Crippen LogP contribution in [0.5, 0.6) is 0 Å². The van der Waals surface area contributed by atoms with Gasteiger partial charge >= 0.3 is 0 Å². The van der Waals surface area contributed by atoms with Crippen LogP contribution in [-0.2, 0) is 4.79 Å². The van der Waals surface area contributed by atoms with E-state index >= 15 is 0 Å². The summed E-state index contributed by atoms with van der Waals surface area (Å²) in [4.78, 5) is 24.6. The maximum atomic E-state index is 13.7. The van der Waals surface area contributed by atoms with Gasteiger partial charge in [0.2, 0.25) is 0 Å². The molecule has 0 aromatic heterocycles. The van der Waals surface area contributed by atoms with Crippen LogP contribution in [-0.4, -0.2) is 29.7 Å². The molecule has 1 aliphatic heterocycles. The summed E-state index contributed by atoms with van der Waals surface area (Å²) >= 11 is 0. The Hall–Kier alpha value is -2.11. The molecule has 0 aliphatic carbocycles. The smallest absolute Gasteiger partial charge is 0.256 e. The molecule has 0 spiro atoms. The van der Waals surface area contributed by atoms with Gasteiger partial charge in [-0.05, 0) is 12.1 Å². The molecular formula is C12H14FN3O2. The summed E-state index contributed by atoms with van der Waals surface area (Å²) in [6, 6.07) is 2.28. The van der Waals surface area contributed by atoms with E-state index in [9.17, 15) is 14.0 Å². The molecule has 1 aliphatic rings. The van der Waals surface area contributed by atoms with Crippen LogP contribution in [0.1, 0.15) is 23.2 Å². The highest BCUT2D eigenvalue weighted by Crippen LogP contribution is 2.22. The van der Waals surface area contributed by atoms with Crippen LogP contribution >= 0.6 is 0 Å². The zero-order valence-electron chi connectivity index (χ0n) is 9.78. The van der Waals surface area contributed by atoms with E-state index in [1.807, 2.05) is 0 Å². The van der Waals surface area contributed by atoms with Gasteiger partial charge in [-0.15, -0.1) is 0 Å². The Morgan fingerprint density at radius 2 is 1.72 bits per heavy atom. The Kier molecular flexibility index (Phi) is 3.18. The summed E-state index contributed by atoms with van der Waals surface area (Å²) in [5.41, 5.74) is 11.2. The molecule has 1 aromatic rings. The number of carbonyl (C=O) groups is 2. The lowest BCUT2D eigenvalue weighted by atomic mass is 10.1. The number of hydrogen-bond acceptors (Lipinski definition) is 4. The van der Waals surface area contributed by atoms with E-state index in [2.05, 4.69) is 0 Å². The minimum atomic E-state index is -0.691. The number of ketones is 1. The van der Waals surface area contributed by atoms with Crippen molar-refractivity contribution in [3.8, 4) is 0 Å². The van der Waals surface area contributed by atoms with Crippen LogP contribution in [0.15, 0.2) is 12.1 Å². The first-order chi connectivity index (χ1) is 8.49. The highest BCUT2D eigenvalue weighted by Gasteiger charge is 2.24. The third-order valence-corrected chi connectivity index (χ3v) is 3.01.